The van der Waals surface area contributed by atoms with Gasteiger partial charge in [-0.25, -0.2) is 0 Å². The predicted molar refractivity (Wildman–Crippen MR) is 54.0 cm³/mol. The van der Waals surface area contributed by atoms with Crippen LogP contribution in [0.2, 0.25) is 0 Å². The molecule has 0 radical (unpaired) electrons. The van der Waals surface area contributed by atoms with Crippen LogP contribution in [0.4, 0.5) is 0 Å². The first-order chi connectivity index (χ1) is 6.15. The van der Waals surface area contributed by atoms with Crippen LogP contribution in [0.5, 0.6) is 0 Å². The third kappa shape index (κ3) is 2.44. The molecule has 0 aromatic carbocycles. The molecule has 72 valence electrons. The smallest absolute Gasteiger partial charge is 0.166 e. The van der Waals surface area contributed by atoms with E-state index in [4.69, 9.17) is 0 Å². The molecule has 1 rings (SSSR count). The van der Waals surface area contributed by atoms with E-state index < -0.39 is 0 Å². The lowest BCUT2D eigenvalue weighted by Crippen LogP contribution is -2.09. The van der Waals surface area contributed by atoms with Crippen molar-refractivity contribution < 1.29 is 4.79 Å². The summed E-state index contributed by atoms with van der Waals surface area (Å²) in [7, 11) is 0. The van der Waals surface area contributed by atoms with Gasteiger partial charge in [0.2, 0.25) is 0 Å². The molecule has 1 atom stereocenters. The van der Waals surface area contributed by atoms with Gasteiger partial charge in [0, 0.05) is 12.2 Å². The first kappa shape index (κ1) is 10.0. The molecule has 0 amide bonds. The average molecular weight is 179 g/mol. The van der Waals surface area contributed by atoms with Crippen LogP contribution >= 0.6 is 0 Å². The van der Waals surface area contributed by atoms with Crippen molar-refractivity contribution in [3.63, 3.8) is 0 Å². The van der Waals surface area contributed by atoms with Crippen LogP contribution in [-0.4, -0.2) is 10.9 Å². The zero-order valence-electron chi connectivity index (χ0n) is 8.53. The van der Waals surface area contributed by atoms with Crippen LogP contribution < -0.4 is 0 Å². The van der Waals surface area contributed by atoms with Gasteiger partial charge in [0.25, 0.3) is 0 Å². The van der Waals surface area contributed by atoms with E-state index >= 15 is 0 Å². The van der Waals surface area contributed by atoms with Gasteiger partial charge in [-0.2, -0.15) is 0 Å². The van der Waals surface area contributed by atoms with Crippen molar-refractivity contribution in [1.29, 1.82) is 0 Å². The summed E-state index contributed by atoms with van der Waals surface area (Å²) in [6, 6.07) is 4.18. The highest BCUT2D eigenvalue weighted by Crippen LogP contribution is 2.18. The third-order valence-electron chi connectivity index (χ3n) is 2.22. The minimum absolute atomic E-state index is 0.412. The second-order valence-electron chi connectivity index (χ2n) is 3.94. The van der Waals surface area contributed by atoms with Gasteiger partial charge in [0.05, 0.1) is 5.69 Å². The fourth-order valence-electron chi connectivity index (χ4n) is 1.70. The maximum Gasteiger partial charge on any atom is 0.166 e. The van der Waals surface area contributed by atoms with Crippen molar-refractivity contribution in [2.75, 3.05) is 0 Å². The number of aromatic nitrogens is 1. The summed E-state index contributed by atoms with van der Waals surface area (Å²) in [6.07, 6.45) is 3.99. The van der Waals surface area contributed by atoms with Gasteiger partial charge in [-0.05, 0) is 31.4 Å². The highest BCUT2D eigenvalue weighted by atomic mass is 16.1. The van der Waals surface area contributed by atoms with Gasteiger partial charge in [0.1, 0.15) is 0 Å². The SMILES string of the molecule is CC(C)CC(C)n1cccc1C=O. The Hall–Kier alpha value is -1.05. The molecule has 0 fully saturated rings. The summed E-state index contributed by atoms with van der Waals surface area (Å²) < 4.78 is 2.03. The molecule has 13 heavy (non-hydrogen) atoms. The van der Waals surface area contributed by atoms with E-state index in [0.717, 1.165) is 18.4 Å². The van der Waals surface area contributed by atoms with Crippen LogP contribution in [0.1, 0.15) is 43.7 Å². The molecule has 0 aliphatic rings. The maximum absolute atomic E-state index is 10.7. The van der Waals surface area contributed by atoms with Gasteiger partial charge >= 0.3 is 0 Å². The van der Waals surface area contributed by atoms with Crippen molar-refractivity contribution >= 4 is 6.29 Å². The first-order valence-electron chi connectivity index (χ1n) is 4.77. The fourth-order valence-corrected chi connectivity index (χ4v) is 1.70. The second kappa shape index (κ2) is 4.26. The molecule has 0 spiro atoms. The van der Waals surface area contributed by atoms with Crippen molar-refractivity contribution in [3.8, 4) is 0 Å². The molecule has 0 aliphatic heterocycles. The Morgan fingerprint density at radius 2 is 2.15 bits per heavy atom. The second-order valence-corrected chi connectivity index (χ2v) is 3.94. The lowest BCUT2D eigenvalue weighted by molar-refractivity contribution is 0.111. The Bertz CT molecular complexity index is 275. The largest absolute Gasteiger partial charge is 0.343 e. The molecule has 1 heterocycles. The third-order valence-corrected chi connectivity index (χ3v) is 2.22. The molecule has 0 bridgehead atoms. The lowest BCUT2D eigenvalue weighted by Gasteiger charge is -2.17. The topological polar surface area (TPSA) is 22.0 Å². The van der Waals surface area contributed by atoms with Crippen molar-refractivity contribution in [2.45, 2.75) is 33.2 Å². The highest BCUT2D eigenvalue weighted by molar-refractivity contribution is 5.72. The first-order valence-corrected chi connectivity index (χ1v) is 4.77. The minimum atomic E-state index is 0.412. The van der Waals surface area contributed by atoms with Gasteiger partial charge in [-0.1, -0.05) is 13.8 Å². The Balaban J connectivity index is 2.75. The standard InChI is InChI=1S/C11H17NO/c1-9(2)7-10(3)12-6-4-5-11(12)8-13/h4-6,8-10H,7H2,1-3H3. The van der Waals surface area contributed by atoms with Crippen molar-refractivity contribution in [2.24, 2.45) is 5.92 Å². The summed E-state index contributed by atoms with van der Waals surface area (Å²) in [6.45, 7) is 6.54. The zero-order chi connectivity index (χ0) is 9.84. The summed E-state index contributed by atoms with van der Waals surface area (Å²) >= 11 is 0. The van der Waals surface area contributed by atoms with Crippen LogP contribution in [0.15, 0.2) is 18.3 Å². The Morgan fingerprint density at radius 3 is 2.69 bits per heavy atom. The van der Waals surface area contributed by atoms with Crippen molar-refractivity contribution in [3.05, 3.63) is 24.0 Å². The molecule has 0 saturated carbocycles. The lowest BCUT2D eigenvalue weighted by atomic mass is 10.1. The number of aldehydes is 1. The van der Waals surface area contributed by atoms with Crippen LogP contribution in [-0.2, 0) is 0 Å². The molecule has 2 heteroatoms. The molecule has 2 nitrogen and oxygen atoms in total. The number of rotatable bonds is 4. The summed E-state index contributed by atoms with van der Waals surface area (Å²) in [4.78, 5) is 10.7. The summed E-state index contributed by atoms with van der Waals surface area (Å²) in [5.74, 6) is 0.664. The van der Waals surface area contributed by atoms with E-state index in [1.54, 1.807) is 0 Å². The molecule has 0 saturated heterocycles. The van der Waals surface area contributed by atoms with E-state index in [1.807, 2.05) is 22.9 Å². The van der Waals surface area contributed by atoms with E-state index in [1.165, 1.54) is 0 Å². The Kier molecular flexibility index (Phi) is 3.29. The van der Waals surface area contributed by atoms with E-state index in [0.29, 0.717) is 12.0 Å². The number of nitrogens with zero attached hydrogens (tertiary/aromatic N) is 1. The fraction of sp³-hybridized carbons (Fsp3) is 0.545. The van der Waals surface area contributed by atoms with Gasteiger partial charge in [-0.15, -0.1) is 0 Å². The van der Waals surface area contributed by atoms with Crippen molar-refractivity contribution in [1.82, 2.24) is 4.57 Å². The monoisotopic (exact) mass is 179 g/mol. The quantitative estimate of drug-likeness (QED) is 0.651. The number of carbonyl (C=O) groups is 1. The summed E-state index contributed by atoms with van der Waals surface area (Å²) in [5, 5.41) is 0. The van der Waals surface area contributed by atoms with Crippen LogP contribution in [0, 0.1) is 5.92 Å². The number of hydrogen-bond donors (Lipinski definition) is 0. The summed E-state index contributed by atoms with van der Waals surface area (Å²) in [5.41, 5.74) is 0.771. The van der Waals surface area contributed by atoms with Gasteiger partial charge in [-0.3, -0.25) is 4.79 Å². The molecular weight excluding hydrogens is 162 g/mol. The molecule has 0 aliphatic carbocycles. The predicted octanol–water partition coefficient (Wildman–Crippen LogP) is 2.91. The van der Waals surface area contributed by atoms with Crippen LogP contribution in [0.25, 0.3) is 0 Å². The molecule has 1 aromatic heterocycles. The zero-order valence-corrected chi connectivity index (χ0v) is 8.53. The average Bonchev–Trinajstić information content (AvgIpc) is 2.49. The normalized spacial score (nSPS) is 13.2. The maximum atomic E-state index is 10.7. The van der Waals surface area contributed by atoms with E-state index in [9.17, 15) is 4.79 Å². The minimum Gasteiger partial charge on any atom is -0.343 e. The molecular formula is C11H17NO. The molecule has 1 unspecified atom stereocenters. The molecule has 1 aromatic rings. The van der Waals surface area contributed by atoms with E-state index in [2.05, 4.69) is 20.8 Å². The highest BCUT2D eigenvalue weighted by Gasteiger charge is 2.09. The molecule has 0 N–H and O–H groups in total. The Morgan fingerprint density at radius 1 is 1.46 bits per heavy atom. The van der Waals surface area contributed by atoms with E-state index in [-0.39, 0.29) is 0 Å². The van der Waals surface area contributed by atoms with Crippen LogP contribution in [0.3, 0.4) is 0 Å². The number of hydrogen-bond acceptors (Lipinski definition) is 1. The Labute approximate surface area is 79.6 Å². The van der Waals surface area contributed by atoms with Gasteiger partial charge in [0.15, 0.2) is 6.29 Å². The van der Waals surface area contributed by atoms with Gasteiger partial charge < -0.3 is 4.57 Å². The number of carbonyl (C=O) groups excluding carboxylic acids is 1.